The van der Waals surface area contributed by atoms with Crippen LogP contribution in [-0.2, 0) is 4.57 Å². The number of benzene rings is 3. The molecule has 1 atom stereocenters. The number of carbonyl (C=O) groups excluding carboxylic acids is 2. The van der Waals surface area contributed by atoms with E-state index in [1.54, 1.807) is 42.5 Å². The Morgan fingerprint density at radius 3 is 2.12 bits per heavy atom. The van der Waals surface area contributed by atoms with Gasteiger partial charge in [0.15, 0.2) is 0 Å². The van der Waals surface area contributed by atoms with Gasteiger partial charge in [-0.15, -0.1) is 0 Å². The third-order valence-corrected chi connectivity index (χ3v) is 7.20. The van der Waals surface area contributed by atoms with Crippen molar-refractivity contribution in [3.63, 3.8) is 0 Å². The van der Waals surface area contributed by atoms with E-state index in [0.29, 0.717) is 22.6 Å². The fourth-order valence-corrected chi connectivity index (χ4v) is 5.18. The van der Waals surface area contributed by atoms with Crippen molar-refractivity contribution in [2.24, 2.45) is 0 Å². The molecule has 0 aliphatic heterocycles. The third kappa shape index (κ3) is 4.21. The van der Waals surface area contributed by atoms with Crippen LogP contribution in [0.4, 0.5) is 0 Å². The van der Waals surface area contributed by atoms with E-state index in [4.69, 9.17) is 9.47 Å². The second-order valence-corrected chi connectivity index (χ2v) is 9.12. The van der Waals surface area contributed by atoms with Crippen molar-refractivity contribution in [1.29, 1.82) is 0 Å². The smallest absolute Gasteiger partial charge is 0.459 e. The lowest BCUT2D eigenvalue weighted by atomic mass is 9.95. The summed E-state index contributed by atoms with van der Waals surface area (Å²) in [6, 6.07) is 13.3. The van der Waals surface area contributed by atoms with Gasteiger partial charge in [0.1, 0.15) is 11.5 Å². The number of hydrogen-bond acceptors (Lipinski definition) is 5. The van der Waals surface area contributed by atoms with Crippen LogP contribution in [-0.4, -0.2) is 25.5 Å². The van der Waals surface area contributed by atoms with E-state index in [1.165, 1.54) is 14.2 Å². The molecule has 0 radical (unpaired) electrons. The predicted octanol–water partition coefficient (Wildman–Crippen LogP) is 5.46. The third-order valence-electron chi connectivity index (χ3n) is 5.78. The van der Waals surface area contributed by atoms with E-state index >= 15 is 0 Å². The van der Waals surface area contributed by atoms with Crippen molar-refractivity contribution in [1.82, 2.24) is 0 Å². The number of hydrogen-bond donors (Lipinski definition) is 0. The minimum absolute atomic E-state index is 0.213. The number of ether oxygens (including phenoxy) is 2. The number of rotatable bonds is 7. The highest BCUT2D eigenvalue weighted by molar-refractivity contribution is 7.71. The minimum Gasteiger partial charge on any atom is -0.497 e. The van der Waals surface area contributed by atoms with Gasteiger partial charge in [-0.25, -0.2) is 4.79 Å². The molecule has 164 valence electrons. The lowest BCUT2D eigenvalue weighted by Gasteiger charge is -2.11. The maximum Gasteiger partial charge on any atom is 0.459 e. The quantitative estimate of drug-likeness (QED) is 0.354. The number of aryl methyl sites for hydroxylation is 2. The molecule has 0 heterocycles. The van der Waals surface area contributed by atoms with Gasteiger partial charge in [0.05, 0.1) is 30.9 Å². The Kier molecular flexibility index (Phi) is 6.90. The Morgan fingerprint density at radius 2 is 1.47 bits per heavy atom. The van der Waals surface area contributed by atoms with Crippen molar-refractivity contribution in [3.8, 4) is 11.5 Å². The molecule has 0 saturated carbocycles. The largest absolute Gasteiger partial charge is 0.497 e. The highest BCUT2D eigenvalue weighted by Gasteiger charge is 2.39. The van der Waals surface area contributed by atoms with Gasteiger partial charge in [0.2, 0.25) is 11.1 Å². The first-order valence-electron chi connectivity index (χ1n) is 10.2. The summed E-state index contributed by atoms with van der Waals surface area (Å²) in [5.41, 5.74) is 4.16. The molecule has 32 heavy (non-hydrogen) atoms. The molecule has 0 aliphatic carbocycles. The Bertz CT molecular complexity index is 1240. The van der Waals surface area contributed by atoms with Gasteiger partial charge in [-0.2, -0.15) is 0 Å². The Balaban J connectivity index is 2.08. The highest BCUT2D eigenvalue weighted by Crippen LogP contribution is 2.34. The van der Waals surface area contributed by atoms with Crippen LogP contribution in [0.3, 0.4) is 0 Å². The molecule has 0 bridgehead atoms. The lowest BCUT2D eigenvalue weighted by molar-refractivity contribution is 0.103. The van der Waals surface area contributed by atoms with Gasteiger partial charge in [0, 0.05) is 6.07 Å². The van der Waals surface area contributed by atoms with Crippen molar-refractivity contribution in [3.05, 3.63) is 87.5 Å². The molecule has 5 nitrogen and oxygen atoms in total. The standard InChI is InChI=1S/C26H26O5P/c1-15-13-16(2)24(18(4)17(15)3)26(28)32(29)23-10-8-7-9-21(23)25(27)20-12-11-19(30-5)14-22(20)31-6/h7-14H,1-6H3/q+1. The lowest BCUT2D eigenvalue weighted by Crippen LogP contribution is -2.17. The molecule has 0 N–H and O–H groups in total. The van der Waals surface area contributed by atoms with Crippen LogP contribution in [0.2, 0.25) is 0 Å². The maximum atomic E-state index is 13.5. The van der Waals surface area contributed by atoms with Gasteiger partial charge in [0.25, 0.3) is 0 Å². The van der Waals surface area contributed by atoms with Crippen LogP contribution in [0.5, 0.6) is 11.5 Å². The van der Waals surface area contributed by atoms with Crippen LogP contribution in [0.25, 0.3) is 0 Å². The van der Waals surface area contributed by atoms with Crippen molar-refractivity contribution in [2.45, 2.75) is 27.7 Å². The van der Waals surface area contributed by atoms with Crippen molar-refractivity contribution in [2.75, 3.05) is 14.2 Å². The monoisotopic (exact) mass is 449 g/mol. The van der Waals surface area contributed by atoms with E-state index in [-0.39, 0.29) is 16.7 Å². The summed E-state index contributed by atoms with van der Waals surface area (Å²) >= 11 is 0. The fraction of sp³-hybridized carbons (Fsp3) is 0.231. The summed E-state index contributed by atoms with van der Waals surface area (Å²) < 4.78 is 24.0. The molecule has 0 amide bonds. The van der Waals surface area contributed by atoms with Gasteiger partial charge < -0.3 is 9.47 Å². The summed E-state index contributed by atoms with van der Waals surface area (Å²) in [6.45, 7) is 7.64. The van der Waals surface area contributed by atoms with Gasteiger partial charge in [-0.3, -0.25) is 4.79 Å². The molecule has 6 heteroatoms. The van der Waals surface area contributed by atoms with Crippen LogP contribution >= 0.6 is 7.80 Å². The van der Waals surface area contributed by atoms with Crippen LogP contribution < -0.4 is 14.8 Å². The van der Waals surface area contributed by atoms with Crippen LogP contribution in [0.1, 0.15) is 48.5 Å². The number of ketones is 1. The topological polar surface area (TPSA) is 69.7 Å². The number of carbonyl (C=O) groups is 2. The summed E-state index contributed by atoms with van der Waals surface area (Å²) in [7, 11) is 0.482. The minimum atomic E-state index is -2.51. The fourth-order valence-electron chi connectivity index (χ4n) is 3.80. The molecule has 0 fully saturated rings. The van der Waals surface area contributed by atoms with Crippen LogP contribution in [0, 0.1) is 27.7 Å². The first kappa shape index (κ1) is 23.4. The molecular weight excluding hydrogens is 423 g/mol. The predicted molar refractivity (Wildman–Crippen MR) is 126 cm³/mol. The van der Waals surface area contributed by atoms with E-state index < -0.39 is 13.3 Å². The second kappa shape index (κ2) is 9.46. The SMILES string of the molecule is COc1ccc(C(=O)c2ccccc2[P+](=O)C(=O)c2c(C)cc(C)c(C)c2C)c(OC)c1. The molecule has 0 saturated heterocycles. The zero-order chi connectivity index (χ0) is 23.6. The molecule has 0 aliphatic rings. The zero-order valence-corrected chi connectivity index (χ0v) is 20.0. The molecule has 0 spiro atoms. The summed E-state index contributed by atoms with van der Waals surface area (Å²) in [6.07, 6.45) is 0. The molecular formula is C26H26O5P+. The summed E-state index contributed by atoms with van der Waals surface area (Å²) in [4.78, 5) is 26.7. The van der Waals surface area contributed by atoms with E-state index in [1.807, 2.05) is 33.8 Å². The molecule has 1 unspecified atom stereocenters. The summed E-state index contributed by atoms with van der Waals surface area (Å²) in [5.74, 6) is 0.518. The Labute approximate surface area is 189 Å². The molecule has 3 rings (SSSR count). The molecule has 0 aromatic heterocycles. The average Bonchev–Trinajstić information content (AvgIpc) is 2.81. The Morgan fingerprint density at radius 1 is 0.781 bits per heavy atom. The van der Waals surface area contributed by atoms with Gasteiger partial charge in [-0.1, -0.05) is 22.8 Å². The maximum absolute atomic E-state index is 13.5. The van der Waals surface area contributed by atoms with Crippen molar-refractivity contribution >= 4 is 24.4 Å². The van der Waals surface area contributed by atoms with E-state index in [9.17, 15) is 14.2 Å². The van der Waals surface area contributed by atoms with E-state index in [0.717, 1.165) is 22.3 Å². The average molecular weight is 449 g/mol. The second-order valence-electron chi connectivity index (χ2n) is 7.65. The highest BCUT2D eigenvalue weighted by atomic mass is 31.1. The van der Waals surface area contributed by atoms with Crippen LogP contribution in [0.15, 0.2) is 48.5 Å². The first-order chi connectivity index (χ1) is 15.2. The zero-order valence-electron chi connectivity index (χ0n) is 19.1. The first-order valence-corrected chi connectivity index (χ1v) is 11.4. The Hall–Kier alpha value is -3.30. The normalized spacial score (nSPS) is 11.1. The molecule has 3 aromatic rings. The molecule has 3 aromatic carbocycles. The number of methoxy groups -OCH3 is 2. The van der Waals surface area contributed by atoms with Gasteiger partial charge in [-0.05, 0) is 74.2 Å². The summed E-state index contributed by atoms with van der Waals surface area (Å²) in [5, 5.41) is 0.215. The van der Waals surface area contributed by atoms with E-state index in [2.05, 4.69) is 0 Å². The van der Waals surface area contributed by atoms with Crippen molar-refractivity contribution < 1.29 is 23.6 Å². The van der Waals surface area contributed by atoms with Gasteiger partial charge >= 0.3 is 13.3 Å².